The fourth-order valence-corrected chi connectivity index (χ4v) is 7.81. The molecule has 0 rings (SSSR count). The quantitative estimate of drug-likeness (QED) is 0.0454. The second-order valence-corrected chi connectivity index (χ2v) is 17.5. The van der Waals surface area contributed by atoms with Crippen molar-refractivity contribution < 1.29 is 23.8 Å². The summed E-state index contributed by atoms with van der Waals surface area (Å²) in [5, 5.41) is 0. The van der Waals surface area contributed by atoms with Crippen molar-refractivity contribution in [2.24, 2.45) is 0 Å². The molecular formula is C51H100O5. The maximum atomic E-state index is 12.7. The lowest BCUT2D eigenvalue weighted by atomic mass is 10.0. The Morgan fingerprint density at radius 3 is 0.911 bits per heavy atom. The summed E-state index contributed by atoms with van der Waals surface area (Å²) in [6, 6.07) is 0. The van der Waals surface area contributed by atoms with Crippen molar-refractivity contribution in [2.45, 2.75) is 297 Å². The number of ether oxygens (including phenoxy) is 3. The van der Waals surface area contributed by atoms with Crippen LogP contribution in [0, 0.1) is 0 Å². The van der Waals surface area contributed by atoms with Gasteiger partial charge in [0.1, 0.15) is 6.61 Å². The molecule has 0 N–H and O–H groups in total. The Morgan fingerprint density at radius 2 is 0.589 bits per heavy atom. The Morgan fingerprint density at radius 1 is 0.321 bits per heavy atom. The minimum absolute atomic E-state index is 0.0968. The monoisotopic (exact) mass is 793 g/mol. The smallest absolute Gasteiger partial charge is 0.306 e. The molecule has 0 saturated heterocycles. The lowest BCUT2D eigenvalue weighted by Gasteiger charge is -2.18. The summed E-state index contributed by atoms with van der Waals surface area (Å²) in [6.45, 7) is 7.87. The van der Waals surface area contributed by atoms with Crippen LogP contribution in [0.25, 0.3) is 0 Å². The average Bonchev–Trinajstić information content (AvgIpc) is 3.20. The number of rotatable bonds is 48. The standard InChI is InChI=1S/C51H100O5/c1-4-7-10-13-16-19-21-22-23-24-25-26-27-28-29-31-34-37-40-43-46-54-47-49(56-51(53)45-42-39-36-32-18-15-12-9-6-3)48-55-50(52)44-41-38-35-33-30-20-17-14-11-8-5-2/h49H,4-48H2,1-3H3. The van der Waals surface area contributed by atoms with Gasteiger partial charge in [-0.3, -0.25) is 9.59 Å². The van der Waals surface area contributed by atoms with Crippen LogP contribution in [0.3, 0.4) is 0 Å². The van der Waals surface area contributed by atoms with Crippen LogP contribution in [-0.4, -0.2) is 37.9 Å². The topological polar surface area (TPSA) is 61.8 Å². The van der Waals surface area contributed by atoms with Gasteiger partial charge < -0.3 is 14.2 Å². The van der Waals surface area contributed by atoms with Crippen LogP contribution in [0.15, 0.2) is 0 Å². The molecule has 334 valence electrons. The zero-order chi connectivity index (χ0) is 40.7. The molecule has 0 aliphatic carbocycles. The zero-order valence-corrected chi connectivity index (χ0v) is 38.4. The van der Waals surface area contributed by atoms with Crippen LogP contribution in [0.2, 0.25) is 0 Å². The fraction of sp³-hybridized carbons (Fsp3) is 0.961. The number of carbonyl (C=O) groups excluding carboxylic acids is 2. The predicted molar refractivity (Wildman–Crippen MR) is 243 cm³/mol. The molecule has 0 saturated carbocycles. The SMILES string of the molecule is CCCCCCCCCCCCCCCCCCCCCCOCC(COC(=O)CCCCCCCCCCCCC)OC(=O)CCCCCCCCCCC. The Bertz CT molecular complexity index is 769. The van der Waals surface area contributed by atoms with Crippen molar-refractivity contribution in [3.8, 4) is 0 Å². The van der Waals surface area contributed by atoms with Gasteiger partial charge in [0.05, 0.1) is 6.61 Å². The molecule has 0 bridgehead atoms. The molecule has 1 unspecified atom stereocenters. The van der Waals surface area contributed by atoms with Crippen molar-refractivity contribution in [1.82, 2.24) is 0 Å². The molecule has 0 aromatic rings. The number of hydrogen-bond acceptors (Lipinski definition) is 5. The molecule has 1 atom stereocenters. The summed E-state index contributed by atoms with van der Waals surface area (Å²) in [6.07, 6.45) is 52.6. The fourth-order valence-electron chi connectivity index (χ4n) is 7.81. The maximum absolute atomic E-state index is 12.7. The maximum Gasteiger partial charge on any atom is 0.306 e. The lowest BCUT2D eigenvalue weighted by molar-refractivity contribution is -0.163. The van der Waals surface area contributed by atoms with Gasteiger partial charge in [0.15, 0.2) is 6.10 Å². The molecule has 0 heterocycles. The first-order valence-electron chi connectivity index (χ1n) is 25.6. The van der Waals surface area contributed by atoms with Crippen LogP contribution < -0.4 is 0 Å². The summed E-state index contributed by atoms with van der Waals surface area (Å²) in [5.41, 5.74) is 0. The summed E-state index contributed by atoms with van der Waals surface area (Å²) in [5.74, 6) is -0.378. The van der Waals surface area contributed by atoms with Gasteiger partial charge in [0.25, 0.3) is 0 Å². The Balaban J connectivity index is 4.05. The van der Waals surface area contributed by atoms with E-state index in [1.54, 1.807) is 0 Å². The summed E-state index contributed by atoms with van der Waals surface area (Å²) in [4.78, 5) is 25.2. The van der Waals surface area contributed by atoms with Gasteiger partial charge in [-0.1, -0.05) is 258 Å². The van der Waals surface area contributed by atoms with Gasteiger partial charge in [-0.15, -0.1) is 0 Å². The van der Waals surface area contributed by atoms with Crippen LogP contribution in [0.4, 0.5) is 0 Å². The molecule has 56 heavy (non-hydrogen) atoms. The van der Waals surface area contributed by atoms with Crippen molar-refractivity contribution in [3.05, 3.63) is 0 Å². The van der Waals surface area contributed by atoms with Crippen LogP contribution in [0.1, 0.15) is 290 Å². The van der Waals surface area contributed by atoms with Crippen molar-refractivity contribution >= 4 is 11.9 Å². The molecule has 0 aliphatic heterocycles. The van der Waals surface area contributed by atoms with E-state index in [2.05, 4.69) is 20.8 Å². The van der Waals surface area contributed by atoms with Crippen LogP contribution in [-0.2, 0) is 23.8 Å². The highest BCUT2D eigenvalue weighted by Crippen LogP contribution is 2.16. The Kier molecular flexibility index (Phi) is 47.3. The first kappa shape index (κ1) is 54.9. The molecule has 0 radical (unpaired) electrons. The minimum atomic E-state index is -0.521. The van der Waals surface area contributed by atoms with E-state index in [4.69, 9.17) is 14.2 Å². The van der Waals surface area contributed by atoms with Gasteiger partial charge in [-0.25, -0.2) is 0 Å². The summed E-state index contributed by atoms with van der Waals surface area (Å²) in [7, 11) is 0. The van der Waals surface area contributed by atoms with Gasteiger partial charge >= 0.3 is 11.9 Å². The molecule has 5 heteroatoms. The normalized spacial score (nSPS) is 12.0. The average molecular weight is 793 g/mol. The van der Waals surface area contributed by atoms with Gasteiger partial charge in [0.2, 0.25) is 0 Å². The van der Waals surface area contributed by atoms with Gasteiger partial charge in [0, 0.05) is 19.4 Å². The third-order valence-electron chi connectivity index (χ3n) is 11.6. The van der Waals surface area contributed by atoms with E-state index in [0.29, 0.717) is 26.1 Å². The highest BCUT2D eigenvalue weighted by Gasteiger charge is 2.17. The van der Waals surface area contributed by atoms with E-state index in [1.807, 2.05) is 0 Å². The number of carbonyl (C=O) groups is 2. The van der Waals surface area contributed by atoms with Gasteiger partial charge in [-0.2, -0.15) is 0 Å². The molecule has 0 fully saturated rings. The highest BCUT2D eigenvalue weighted by molar-refractivity contribution is 5.70. The third-order valence-corrected chi connectivity index (χ3v) is 11.6. The number of hydrogen-bond donors (Lipinski definition) is 0. The lowest BCUT2D eigenvalue weighted by Crippen LogP contribution is -2.30. The van der Waals surface area contributed by atoms with Crippen molar-refractivity contribution in [2.75, 3.05) is 19.8 Å². The third kappa shape index (κ3) is 45.6. The number of esters is 2. The van der Waals surface area contributed by atoms with E-state index in [1.165, 1.54) is 225 Å². The second kappa shape index (κ2) is 48.3. The zero-order valence-electron chi connectivity index (χ0n) is 38.4. The Hall–Kier alpha value is -1.10. The largest absolute Gasteiger partial charge is 0.462 e. The van der Waals surface area contributed by atoms with E-state index in [-0.39, 0.29) is 18.5 Å². The first-order chi connectivity index (χ1) is 27.6. The van der Waals surface area contributed by atoms with Crippen molar-refractivity contribution in [3.63, 3.8) is 0 Å². The van der Waals surface area contributed by atoms with Crippen molar-refractivity contribution in [1.29, 1.82) is 0 Å². The van der Waals surface area contributed by atoms with E-state index in [9.17, 15) is 9.59 Å². The first-order valence-corrected chi connectivity index (χ1v) is 25.6. The molecule has 0 aromatic carbocycles. The number of unbranched alkanes of at least 4 members (excludes halogenated alkanes) is 37. The van der Waals surface area contributed by atoms with E-state index in [0.717, 1.165) is 32.1 Å². The molecule has 0 amide bonds. The van der Waals surface area contributed by atoms with Crippen LogP contribution >= 0.6 is 0 Å². The van der Waals surface area contributed by atoms with Crippen LogP contribution in [0.5, 0.6) is 0 Å². The van der Waals surface area contributed by atoms with E-state index >= 15 is 0 Å². The van der Waals surface area contributed by atoms with Gasteiger partial charge in [-0.05, 0) is 19.3 Å². The molecule has 0 spiro atoms. The molecule has 0 aromatic heterocycles. The van der Waals surface area contributed by atoms with E-state index < -0.39 is 6.10 Å². The molecule has 5 nitrogen and oxygen atoms in total. The molecule has 0 aliphatic rings. The predicted octanol–water partition coefficient (Wildman–Crippen LogP) is 16.9. The summed E-state index contributed by atoms with van der Waals surface area (Å²) >= 11 is 0. The highest BCUT2D eigenvalue weighted by atomic mass is 16.6. The Labute approximate surface area is 351 Å². The second-order valence-electron chi connectivity index (χ2n) is 17.5. The minimum Gasteiger partial charge on any atom is -0.462 e. The summed E-state index contributed by atoms with van der Waals surface area (Å²) < 4.78 is 17.4. The molecular weight excluding hydrogens is 693 g/mol.